The number of aromatic nitrogens is 2. The van der Waals surface area contributed by atoms with Gasteiger partial charge in [0.05, 0.1) is 13.2 Å². The van der Waals surface area contributed by atoms with Gasteiger partial charge in [-0.3, -0.25) is 0 Å². The summed E-state index contributed by atoms with van der Waals surface area (Å²) in [5.41, 5.74) is 5.86. The molecular weight excluding hydrogens is 230 g/mol. The normalized spacial score (nSPS) is 21.1. The summed E-state index contributed by atoms with van der Waals surface area (Å²) in [4.78, 5) is 13.2. The summed E-state index contributed by atoms with van der Waals surface area (Å²) >= 11 is 0. The lowest BCUT2D eigenvalue weighted by molar-refractivity contribution is 0.268. The fraction of sp³-hybridized carbons (Fsp3) is 0.667. The highest BCUT2D eigenvalue weighted by molar-refractivity contribution is 5.44. The molecule has 1 atom stereocenters. The maximum atomic E-state index is 5.86. The Morgan fingerprint density at radius 1 is 1.44 bits per heavy atom. The maximum absolute atomic E-state index is 5.86. The maximum Gasteiger partial charge on any atom is 0.218 e. The molecule has 1 fully saturated rings. The van der Waals surface area contributed by atoms with Crippen molar-refractivity contribution in [3.63, 3.8) is 0 Å². The zero-order chi connectivity index (χ0) is 13.1. The van der Waals surface area contributed by atoms with Gasteiger partial charge in [0.2, 0.25) is 5.88 Å². The molecule has 6 heteroatoms. The van der Waals surface area contributed by atoms with Crippen molar-refractivity contribution < 1.29 is 4.74 Å². The Labute approximate surface area is 108 Å². The van der Waals surface area contributed by atoms with Crippen molar-refractivity contribution >= 4 is 5.82 Å². The first-order chi connectivity index (χ1) is 8.63. The predicted molar refractivity (Wildman–Crippen MR) is 71.0 cm³/mol. The minimum Gasteiger partial charge on any atom is -0.481 e. The molecule has 0 saturated carbocycles. The number of nitrogens with zero attached hydrogens (tertiary/aromatic N) is 4. The van der Waals surface area contributed by atoms with Crippen molar-refractivity contribution in [1.82, 2.24) is 14.9 Å². The molecule has 2 heterocycles. The van der Waals surface area contributed by atoms with Crippen LogP contribution in [0.2, 0.25) is 0 Å². The number of hydrogen-bond donors (Lipinski definition) is 1. The molecule has 2 rings (SSSR count). The summed E-state index contributed by atoms with van der Waals surface area (Å²) < 4.78 is 5.20. The van der Waals surface area contributed by atoms with Gasteiger partial charge < -0.3 is 20.3 Å². The molecule has 1 aliphatic rings. The molecule has 18 heavy (non-hydrogen) atoms. The lowest BCUT2D eigenvalue weighted by Gasteiger charge is -2.40. The van der Waals surface area contributed by atoms with Crippen molar-refractivity contribution in [3.05, 3.63) is 11.9 Å². The van der Waals surface area contributed by atoms with E-state index in [1.54, 1.807) is 7.11 Å². The van der Waals surface area contributed by atoms with E-state index in [1.165, 1.54) is 0 Å². The molecule has 1 aromatic rings. The van der Waals surface area contributed by atoms with Gasteiger partial charge in [0, 0.05) is 32.2 Å². The Morgan fingerprint density at radius 3 is 2.89 bits per heavy atom. The van der Waals surface area contributed by atoms with Crippen LogP contribution in [0.15, 0.2) is 6.07 Å². The summed E-state index contributed by atoms with van der Waals surface area (Å²) in [6, 6.07) is 2.17. The first-order valence-electron chi connectivity index (χ1n) is 6.19. The molecule has 0 amide bonds. The van der Waals surface area contributed by atoms with Crippen LogP contribution in [0.1, 0.15) is 5.82 Å². The third-order valence-corrected chi connectivity index (χ3v) is 3.26. The number of ether oxygens (including phenoxy) is 1. The Kier molecular flexibility index (Phi) is 3.98. The van der Waals surface area contributed by atoms with E-state index in [0.717, 1.165) is 31.3 Å². The molecule has 6 nitrogen and oxygen atoms in total. The van der Waals surface area contributed by atoms with Crippen molar-refractivity contribution in [1.29, 1.82) is 0 Å². The van der Waals surface area contributed by atoms with Gasteiger partial charge in [-0.15, -0.1) is 0 Å². The van der Waals surface area contributed by atoms with E-state index >= 15 is 0 Å². The molecular formula is C12H21N5O. The summed E-state index contributed by atoms with van der Waals surface area (Å²) in [6.07, 6.45) is 0. The number of rotatable bonds is 3. The molecule has 0 aliphatic carbocycles. The number of methoxy groups -OCH3 is 1. The highest BCUT2D eigenvalue weighted by Gasteiger charge is 2.25. The Morgan fingerprint density at radius 2 is 2.22 bits per heavy atom. The molecule has 1 aliphatic heterocycles. The van der Waals surface area contributed by atoms with E-state index in [9.17, 15) is 0 Å². The largest absolute Gasteiger partial charge is 0.481 e. The van der Waals surface area contributed by atoms with Crippen LogP contribution in [-0.2, 0) is 0 Å². The predicted octanol–water partition coefficient (Wildman–Crippen LogP) is -0.127. The van der Waals surface area contributed by atoms with Gasteiger partial charge in [-0.1, -0.05) is 0 Å². The lowest BCUT2D eigenvalue weighted by Crippen LogP contribution is -2.55. The standard InChI is InChI=1S/C12H21N5O/c1-9-14-11(6-12(15-9)18-3)17-5-4-16(2)8-10(17)7-13/h6,10H,4-5,7-8,13H2,1-3H3. The van der Waals surface area contributed by atoms with Crippen LogP contribution in [0.3, 0.4) is 0 Å². The van der Waals surface area contributed by atoms with Gasteiger partial charge in [0.15, 0.2) is 0 Å². The van der Waals surface area contributed by atoms with E-state index in [-0.39, 0.29) is 0 Å². The van der Waals surface area contributed by atoms with Gasteiger partial charge in [0.1, 0.15) is 11.6 Å². The van der Waals surface area contributed by atoms with Crippen LogP contribution < -0.4 is 15.4 Å². The first-order valence-corrected chi connectivity index (χ1v) is 6.19. The molecule has 0 radical (unpaired) electrons. The van der Waals surface area contributed by atoms with Crippen LogP contribution in [0, 0.1) is 6.92 Å². The summed E-state index contributed by atoms with van der Waals surface area (Å²) in [5, 5.41) is 0. The lowest BCUT2D eigenvalue weighted by atomic mass is 10.1. The topological polar surface area (TPSA) is 67.5 Å². The van der Waals surface area contributed by atoms with Crippen LogP contribution in [0.4, 0.5) is 5.82 Å². The molecule has 1 unspecified atom stereocenters. The number of nitrogens with two attached hydrogens (primary N) is 1. The molecule has 1 saturated heterocycles. The number of piperazine rings is 1. The minimum absolute atomic E-state index is 0.294. The van der Waals surface area contributed by atoms with Crippen LogP contribution in [-0.4, -0.2) is 61.2 Å². The van der Waals surface area contributed by atoms with Gasteiger partial charge >= 0.3 is 0 Å². The van der Waals surface area contributed by atoms with Crippen molar-refractivity contribution in [3.8, 4) is 5.88 Å². The third-order valence-electron chi connectivity index (χ3n) is 3.26. The van der Waals surface area contributed by atoms with Crippen molar-refractivity contribution in [2.24, 2.45) is 5.73 Å². The van der Waals surface area contributed by atoms with Crippen LogP contribution >= 0.6 is 0 Å². The summed E-state index contributed by atoms with van der Waals surface area (Å²) in [6.45, 7) is 5.40. The highest BCUT2D eigenvalue weighted by Crippen LogP contribution is 2.21. The number of anilines is 1. The van der Waals surface area contributed by atoms with Gasteiger partial charge in [-0.25, -0.2) is 4.98 Å². The van der Waals surface area contributed by atoms with Crippen molar-refractivity contribution in [2.45, 2.75) is 13.0 Å². The average Bonchev–Trinajstić information content (AvgIpc) is 2.37. The molecule has 0 bridgehead atoms. The average molecular weight is 251 g/mol. The van der Waals surface area contributed by atoms with E-state index in [2.05, 4.69) is 26.8 Å². The molecule has 100 valence electrons. The second kappa shape index (κ2) is 5.49. The smallest absolute Gasteiger partial charge is 0.218 e. The fourth-order valence-corrected chi connectivity index (χ4v) is 2.29. The van der Waals surface area contributed by atoms with E-state index in [4.69, 9.17) is 10.5 Å². The first kappa shape index (κ1) is 13.0. The van der Waals surface area contributed by atoms with E-state index in [0.29, 0.717) is 18.5 Å². The third kappa shape index (κ3) is 2.70. The van der Waals surface area contributed by atoms with E-state index in [1.807, 2.05) is 13.0 Å². The molecule has 2 N–H and O–H groups in total. The van der Waals surface area contributed by atoms with Crippen LogP contribution in [0.25, 0.3) is 0 Å². The monoisotopic (exact) mass is 251 g/mol. The number of aryl methyl sites for hydroxylation is 1. The minimum atomic E-state index is 0.294. The second-order valence-corrected chi connectivity index (χ2v) is 4.66. The Balaban J connectivity index is 2.26. The Hall–Kier alpha value is -1.40. The second-order valence-electron chi connectivity index (χ2n) is 4.66. The SMILES string of the molecule is COc1cc(N2CCN(C)CC2CN)nc(C)n1. The molecule has 0 aromatic carbocycles. The fourth-order valence-electron chi connectivity index (χ4n) is 2.29. The molecule has 1 aromatic heterocycles. The van der Waals surface area contributed by atoms with Gasteiger partial charge in [0.25, 0.3) is 0 Å². The van der Waals surface area contributed by atoms with E-state index < -0.39 is 0 Å². The molecule has 0 spiro atoms. The summed E-state index contributed by atoms with van der Waals surface area (Å²) in [5.74, 6) is 2.23. The quantitative estimate of drug-likeness (QED) is 0.807. The van der Waals surface area contributed by atoms with Gasteiger partial charge in [-0.2, -0.15) is 4.98 Å². The van der Waals surface area contributed by atoms with Crippen LogP contribution in [0.5, 0.6) is 5.88 Å². The number of hydrogen-bond acceptors (Lipinski definition) is 6. The number of likely N-dealkylation sites (N-methyl/N-ethyl adjacent to an activating group) is 1. The summed E-state index contributed by atoms with van der Waals surface area (Å²) in [7, 11) is 3.74. The highest BCUT2D eigenvalue weighted by atomic mass is 16.5. The van der Waals surface area contributed by atoms with Crippen molar-refractivity contribution in [2.75, 3.05) is 45.2 Å². The van der Waals surface area contributed by atoms with Gasteiger partial charge in [-0.05, 0) is 14.0 Å². The zero-order valence-electron chi connectivity index (χ0n) is 11.3. The Bertz CT molecular complexity index is 411. The zero-order valence-corrected chi connectivity index (χ0v) is 11.3.